The van der Waals surface area contributed by atoms with Crippen molar-refractivity contribution in [2.24, 2.45) is 0 Å². The second-order valence-corrected chi connectivity index (χ2v) is 3.17. The molecule has 0 radical (unpaired) electrons. The van der Waals surface area contributed by atoms with Crippen molar-refractivity contribution < 1.29 is 4.74 Å². The highest BCUT2D eigenvalue weighted by Crippen LogP contribution is 2.05. The zero-order valence-corrected chi connectivity index (χ0v) is 13.2. The molecule has 0 fully saturated rings. The van der Waals surface area contributed by atoms with Gasteiger partial charge in [-0.1, -0.05) is 96.6 Å². The SMILES string of the molecule is C.C.CC.CC.COc1ccccc1.Cc1ccccc1. The number of ether oxygens (including phenoxy) is 1. The van der Waals surface area contributed by atoms with E-state index >= 15 is 0 Å². The first-order chi connectivity index (χ1) is 9.33. The topological polar surface area (TPSA) is 9.23 Å². The third-order valence-corrected chi connectivity index (χ3v) is 1.92. The van der Waals surface area contributed by atoms with Crippen molar-refractivity contribution in [1.82, 2.24) is 0 Å². The Morgan fingerprint density at radius 1 is 0.619 bits per heavy atom. The Hall–Kier alpha value is -1.76. The van der Waals surface area contributed by atoms with Gasteiger partial charge in [-0.3, -0.25) is 0 Å². The summed E-state index contributed by atoms with van der Waals surface area (Å²) in [6.45, 7) is 10.1. The van der Waals surface area contributed by atoms with Gasteiger partial charge < -0.3 is 4.74 Å². The maximum absolute atomic E-state index is 4.91. The molecule has 0 amide bonds. The van der Waals surface area contributed by atoms with Crippen molar-refractivity contribution in [3.05, 3.63) is 66.2 Å². The van der Waals surface area contributed by atoms with Gasteiger partial charge in [0.15, 0.2) is 0 Å². The summed E-state index contributed by atoms with van der Waals surface area (Å²) in [7, 11) is 1.66. The highest BCUT2D eigenvalue weighted by molar-refractivity contribution is 5.20. The summed E-state index contributed by atoms with van der Waals surface area (Å²) in [5.41, 5.74) is 1.32. The molecule has 122 valence electrons. The molecule has 0 bridgehead atoms. The van der Waals surface area contributed by atoms with Crippen LogP contribution in [-0.4, -0.2) is 7.11 Å². The summed E-state index contributed by atoms with van der Waals surface area (Å²) in [5, 5.41) is 0. The second kappa shape index (κ2) is 23.3. The molecule has 0 heterocycles. The lowest BCUT2D eigenvalue weighted by Crippen LogP contribution is -1.78. The first kappa shape index (κ1) is 27.6. The Labute approximate surface area is 134 Å². The van der Waals surface area contributed by atoms with Gasteiger partial charge in [-0.2, -0.15) is 0 Å². The maximum Gasteiger partial charge on any atom is 0.118 e. The Balaban J connectivity index is -0.000000104. The highest BCUT2D eigenvalue weighted by atomic mass is 16.5. The summed E-state index contributed by atoms with van der Waals surface area (Å²) in [6, 6.07) is 19.9. The standard InChI is InChI=1S/C7H8O.C7H8.2C2H6.2CH4/c1-8-7-5-3-2-4-6-7;1-7-5-3-2-4-6-7;2*1-2;;/h2-6H,1H3;2-6H,1H3;2*1-2H3;2*1H4. The lowest BCUT2D eigenvalue weighted by atomic mass is 10.2. The average Bonchev–Trinajstić information content (AvgIpc) is 2.53. The van der Waals surface area contributed by atoms with Crippen LogP contribution in [0.1, 0.15) is 48.1 Å². The van der Waals surface area contributed by atoms with Gasteiger partial charge in [0, 0.05) is 0 Å². The second-order valence-electron chi connectivity index (χ2n) is 3.17. The molecule has 0 saturated heterocycles. The lowest BCUT2D eigenvalue weighted by Gasteiger charge is -1.93. The first-order valence-electron chi connectivity index (χ1n) is 6.93. The summed E-state index contributed by atoms with van der Waals surface area (Å²) in [6.07, 6.45) is 0. The van der Waals surface area contributed by atoms with Crippen LogP contribution in [0.2, 0.25) is 0 Å². The van der Waals surface area contributed by atoms with Crippen LogP contribution in [0.5, 0.6) is 5.75 Å². The number of hydrogen-bond acceptors (Lipinski definition) is 1. The fourth-order valence-corrected chi connectivity index (χ4v) is 1.09. The molecule has 0 aliphatic rings. The Bertz CT molecular complexity index is 354. The smallest absolute Gasteiger partial charge is 0.118 e. The fraction of sp³-hybridized carbons (Fsp3) is 0.400. The zero-order chi connectivity index (χ0) is 14.9. The Kier molecular flexibility index (Phi) is 30.6. The van der Waals surface area contributed by atoms with Gasteiger partial charge in [-0.15, -0.1) is 0 Å². The Morgan fingerprint density at radius 2 is 0.952 bits per heavy atom. The lowest BCUT2D eigenvalue weighted by molar-refractivity contribution is 0.415. The summed E-state index contributed by atoms with van der Waals surface area (Å²) in [4.78, 5) is 0. The third-order valence-electron chi connectivity index (χ3n) is 1.92. The van der Waals surface area contributed by atoms with Crippen LogP contribution in [0.3, 0.4) is 0 Å². The van der Waals surface area contributed by atoms with Crippen molar-refractivity contribution in [2.45, 2.75) is 49.5 Å². The van der Waals surface area contributed by atoms with Crippen molar-refractivity contribution in [3.63, 3.8) is 0 Å². The number of para-hydroxylation sites is 1. The molecule has 1 nitrogen and oxygen atoms in total. The predicted molar refractivity (Wildman–Crippen MR) is 100 cm³/mol. The van der Waals surface area contributed by atoms with Crippen molar-refractivity contribution >= 4 is 0 Å². The summed E-state index contributed by atoms with van der Waals surface area (Å²) < 4.78 is 4.91. The number of benzene rings is 2. The molecular weight excluding hydrogens is 256 g/mol. The fourth-order valence-electron chi connectivity index (χ4n) is 1.09. The van der Waals surface area contributed by atoms with E-state index in [2.05, 4.69) is 19.1 Å². The van der Waals surface area contributed by atoms with E-state index in [9.17, 15) is 0 Å². The van der Waals surface area contributed by atoms with E-state index in [0.717, 1.165) is 5.75 Å². The molecule has 2 aromatic carbocycles. The van der Waals surface area contributed by atoms with E-state index in [1.54, 1.807) is 7.11 Å². The third kappa shape index (κ3) is 18.2. The van der Waals surface area contributed by atoms with E-state index in [1.165, 1.54) is 5.56 Å². The Morgan fingerprint density at radius 3 is 1.14 bits per heavy atom. The van der Waals surface area contributed by atoms with E-state index in [-0.39, 0.29) is 14.9 Å². The van der Waals surface area contributed by atoms with Crippen LogP contribution in [0.15, 0.2) is 60.7 Å². The van der Waals surface area contributed by atoms with Gasteiger partial charge in [0.05, 0.1) is 7.11 Å². The average molecular weight is 293 g/mol. The molecule has 0 spiro atoms. The number of hydrogen-bond donors (Lipinski definition) is 0. The highest BCUT2D eigenvalue weighted by Gasteiger charge is 1.80. The molecule has 0 N–H and O–H groups in total. The number of aryl methyl sites for hydroxylation is 1. The van der Waals surface area contributed by atoms with E-state index in [1.807, 2.05) is 76.2 Å². The molecule has 0 aliphatic heterocycles. The predicted octanol–water partition coefficient (Wildman–Crippen LogP) is 7.01. The van der Waals surface area contributed by atoms with E-state index < -0.39 is 0 Å². The molecule has 0 aromatic heterocycles. The van der Waals surface area contributed by atoms with Crippen LogP contribution >= 0.6 is 0 Å². The van der Waals surface area contributed by atoms with Crippen molar-refractivity contribution in [2.75, 3.05) is 7.11 Å². The first-order valence-corrected chi connectivity index (χ1v) is 6.93. The van der Waals surface area contributed by atoms with Gasteiger partial charge >= 0.3 is 0 Å². The van der Waals surface area contributed by atoms with Gasteiger partial charge in [-0.25, -0.2) is 0 Å². The molecule has 0 atom stereocenters. The number of rotatable bonds is 1. The van der Waals surface area contributed by atoms with E-state index in [4.69, 9.17) is 4.74 Å². The molecule has 0 aliphatic carbocycles. The maximum atomic E-state index is 4.91. The van der Waals surface area contributed by atoms with Crippen LogP contribution < -0.4 is 4.74 Å². The normalized spacial score (nSPS) is 6.76. The molecule has 0 saturated carbocycles. The van der Waals surface area contributed by atoms with Crippen molar-refractivity contribution in [3.8, 4) is 5.75 Å². The van der Waals surface area contributed by atoms with Gasteiger partial charge in [0.1, 0.15) is 5.75 Å². The van der Waals surface area contributed by atoms with Crippen molar-refractivity contribution in [1.29, 1.82) is 0 Å². The molecular formula is C20H36O. The zero-order valence-electron chi connectivity index (χ0n) is 13.2. The minimum atomic E-state index is 0. The molecule has 2 aromatic rings. The van der Waals surface area contributed by atoms with Gasteiger partial charge in [0.2, 0.25) is 0 Å². The summed E-state index contributed by atoms with van der Waals surface area (Å²) in [5.74, 6) is 0.910. The van der Waals surface area contributed by atoms with Crippen LogP contribution in [0.4, 0.5) is 0 Å². The molecule has 2 rings (SSSR count). The van der Waals surface area contributed by atoms with Gasteiger partial charge in [-0.05, 0) is 19.1 Å². The quantitative estimate of drug-likeness (QED) is 0.549. The minimum absolute atomic E-state index is 0. The van der Waals surface area contributed by atoms with Gasteiger partial charge in [0.25, 0.3) is 0 Å². The number of methoxy groups -OCH3 is 1. The monoisotopic (exact) mass is 292 g/mol. The van der Waals surface area contributed by atoms with Crippen LogP contribution in [0, 0.1) is 6.92 Å². The van der Waals surface area contributed by atoms with E-state index in [0.29, 0.717) is 0 Å². The molecule has 0 unspecified atom stereocenters. The molecule has 1 heteroatoms. The largest absolute Gasteiger partial charge is 0.497 e. The van der Waals surface area contributed by atoms with Crippen LogP contribution in [-0.2, 0) is 0 Å². The molecule has 21 heavy (non-hydrogen) atoms. The minimum Gasteiger partial charge on any atom is -0.497 e. The van der Waals surface area contributed by atoms with Crippen LogP contribution in [0.25, 0.3) is 0 Å². The summed E-state index contributed by atoms with van der Waals surface area (Å²) >= 11 is 0.